The van der Waals surface area contributed by atoms with Crippen LogP contribution in [0.4, 0.5) is 5.82 Å². The summed E-state index contributed by atoms with van der Waals surface area (Å²) in [5, 5.41) is 3.48. The lowest BCUT2D eigenvalue weighted by Gasteiger charge is -2.28. The molecule has 0 bridgehead atoms. The quantitative estimate of drug-likeness (QED) is 0.838. The van der Waals surface area contributed by atoms with Gasteiger partial charge in [0.05, 0.1) is 6.61 Å². The Bertz CT molecular complexity index is 416. The van der Waals surface area contributed by atoms with Crippen LogP contribution in [0.2, 0.25) is 0 Å². The summed E-state index contributed by atoms with van der Waals surface area (Å²) in [7, 11) is 2.13. The Morgan fingerprint density at radius 3 is 3.05 bits per heavy atom. The number of pyridine rings is 1. The van der Waals surface area contributed by atoms with Crippen LogP contribution in [-0.2, 0) is 11.3 Å². The molecule has 1 N–H and O–H groups in total. The molecule has 1 saturated heterocycles. The molecule has 0 aliphatic carbocycles. The molecule has 2 heterocycles. The largest absolute Gasteiger partial charge is 0.381 e. The lowest BCUT2D eigenvalue weighted by molar-refractivity contribution is 0.0576. The van der Waals surface area contributed by atoms with Crippen molar-refractivity contribution in [1.82, 2.24) is 10.3 Å². The molecule has 0 spiro atoms. The Balaban J connectivity index is 1.86. The van der Waals surface area contributed by atoms with E-state index in [0.717, 1.165) is 38.7 Å². The van der Waals surface area contributed by atoms with Crippen molar-refractivity contribution in [2.45, 2.75) is 33.2 Å². The number of hydrogen-bond acceptors (Lipinski definition) is 4. The molecule has 0 amide bonds. The van der Waals surface area contributed by atoms with E-state index in [4.69, 9.17) is 4.74 Å². The van der Waals surface area contributed by atoms with E-state index in [2.05, 4.69) is 48.2 Å². The first-order valence-corrected chi connectivity index (χ1v) is 8.09. The highest BCUT2D eigenvalue weighted by molar-refractivity contribution is 5.40. The van der Waals surface area contributed by atoms with Gasteiger partial charge in [0.1, 0.15) is 5.82 Å². The van der Waals surface area contributed by atoms with Crippen molar-refractivity contribution in [3.63, 3.8) is 0 Å². The summed E-state index contributed by atoms with van der Waals surface area (Å²) in [6.45, 7) is 9.25. The van der Waals surface area contributed by atoms with Crippen molar-refractivity contribution in [3.8, 4) is 0 Å². The van der Waals surface area contributed by atoms with Crippen LogP contribution in [0.25, 0.3) is 0 Å². The van der Waals surface area contributed by atoms with Crippen LogP contribution in [0.5, 0.6) is 0 Å². The minimum absolute atomic E-state index is 0.633. The highest BCUT2D eigenvalue weighted by atomic mass is 16.5. The molecule has 0 radical (unpaired) electrons. The standard InChI is InChI=1S/C17H29N3O/c1-14(2)10-18-11-15-6-7-19-17(9-15)20(3)12-16-5-4-8-21-13-16/h6-7,9,14,16,18H,4-5,8,10-13H2,1-3H3. The van der Waals surface area contributed by atoms with Gasteiger partial charge in [0.25, 0.3) is 0 Å². The first-order valence-electron chi connectivity index (χ1n) is 8.09. The van der Waals surface area contributed by atoms with E-state index in [9.17, 15) is 0 Å². The Morgan fingerprint density at radius 1 is 1.48 bits per heavy atom. The summed E-state index contributed by atoms with van der Waals surface area (Å²) in [5.41, 5.74) is 1.30. The number of aromatic nitrogens is 1. The molecule has 21 heavy (non-hydrogen) atoms. The van der Waals surface area contributed by atoms with E-state index in [1.165, 1.54) is 18.4 Å². The number of rotatable bonds is 7. The third kappa shape index (κ3) is 5.64. The van der Waals surface area contributed by atoms with Gasteiger partial charge in [-0.25, -0.2) is 4.98 Å². The van der Waals surface area contributed by atoms with E-state index < -0.39 is 0 Å². The maximum absolute atomic E-state index is 5.56. The van der Waals surface area contributed by atoms with E-state index >= 15 is 0 Å². The third-order valence-electron chi connectivity index (χ3n) is 3.87. The fourth-order valence-electron chi connectivity index (χ4n) is 2.72. The second kappa shape index (κ2) is 8.35. The van der Waals surface area contributed by atoms with Gasteiger partial charge in [-0.1, -0.05) is 13.8 Å². The minimum Gasteiger partial charge on any atom is -0.381 e. The van der Waals surface area contributed by atoms with Crippen LogP contribution in [0.3, 0.4) is 0 Å². The lowest BCUT2D eigenvalue weighted by atomic mass is 10.0. The molecule has 2 rings (SSSR count). The van der Waals surface area contributed by atoms with E-state index in [1.807, 2.05) is 6.20 Å². The Kier molecular flexibility index (Phi) is 6.46. The monoisotopic (exact) mass is 291 g/mol. The number of ether oxygens (including phenoxy) is 1. The summed E-state index contributed by atoms with van der Waals surface area (Å²) < 4.78 is 5.56. The van der Waals surface area contributed by atoms with Gasteiger partial charge in [-0.2, -0.15) is 0 Å². The first kappa shape index (κ1) is 16.2. The van der Waals surface area contributed by atoms with Crippen molar-refractivity contribution < 1.29 is 4.74 Å². The molecule has 1 atom stereocenters. The Morgan fingerprint density at radius 2 is 2.33 bits per heavy atom. The van der Waals surface area contributed by atoms with Gasteiger partial charge < -0.3 is 15.0 Å². The van der Waals surface area contributed by atoms with E-state index in [-0.39, 0.29) is 0 Å². The molecule has 118 valence electrons. The zero-order valence-corrected chi connectivity index (χ0v) is 13.6. The normalized spacial score (nSPS) is 19.0. The average Bonchev–Trinajstić information content (AvgIpc) is 2.48. The van der Waals surface area contributed by atoms with Gasteiger partial charge in [0.2, 0.25) is 0 Å². The van der Waals surface area contributed by atoms with Crippen molar-refractivity contribution in [2.75, 3.05) is 38.3 Å². The summed E-state index contributed by atoms with van der Waals surface area (Å²) in [6, 6.07) is 4.28. The van der Waals surface area contributed by atoms with Gasteiger partial charge in [-0.3, -0.25) is 0 Å². The number of nitrogens with zero attached hydrogens (tertiary/aromatic N) is 2. The lowest BCUT2D eigenvalue weighted by Crippen LogP contribution is -2.31. The molecule has 1 aliphatic rings. The van der Waals surface area contributed by atoms with Gasteiger partial charge >= 0.3 is 0 Å². The number of nitrogens with one attached hydrogen (secondary N) is 1. The number of anilines is 1. The second-order valence-electron chi connectivity index (χ2n) is 6.51. The maximum Gasteiger partial charge on any atom is 0.128 e. The molecule has 1 aromatic heterocycles. The van der Waals surface area contributed by atoms with Crippen LogP contribution in [0.1, 0.15) is 32.3 Å². The average molecular weight is 291 g/mol. The maximum atomic E-state index is 5.56. The van der Waals surface area contributed by atoms with Gasteiger partial charge in [0, 0.05) is 32.9 Å². The van der Waals surface area contributed by atoms with Crippen molar-refractivity contribution in [3.05, 3.63) is 23.9 Å². The van der Waals surface area contributed by atoms with Gasteiger partial charge in [-0.05, 0) is 48.9 Å². The highest BCUT2D eigenvalue weighted by Gasteiger charge is 2.16. The van der Waals surface area contributed by atoms with Gasteiger partial charge in [-0.15, -0.1) is 0 Å². The van der Waals surface area contributed by atoms with Crippen LogP contribution < -0.4 is 10.2 Å². The summed E-state index contributed by atoms with van der Waals surface area (Å²) in [4.78, 5) is 6.76. The smallest absolute Gasteiger partial charge is 0.128 e. The molecule has 1 aliphatic heterocycles. The Labute approximate surface area is 128 Å². The van der Waals surface area contributed by atoms with E-state index in [0.29, 0.717) is 11.8 Å². The predicted molar refractivity (Wildman–Crippen MR) is 87.6 cm³/mol. The van der Waals surface area contributed by atoms with E-state index in [1.54, 1.807) is 0 Å². The molecule has 1 unspecified atom stereocenters. The van der Waals surface area contributed by atoms with Crippen LogP contribution in [0, 0.1) is 11.8 Å². The van der Waals surface area contributed by atoms with Crippen LogP contribution in [0.15, 0.2) is 18.3 Å². The summed E-state index contributed by atoms with van der Waals surface area (Å²) in [6.07, 6.45) is 4.36. The minimum atomic E-state index is 0.633. The zero-order valence-electron chi connectivity index (χ0n) is 13.6. The fourth-order valence-corrected chi connectivity index (χ4v) is 2.72. The third-order valence-corrected chi connectivity index (χ3v) is 3.87. The second-order valence-corrected chi connectivity index (χ2v) is 6.51. The van der Waals surface area contributed by atoms with Crippen molar-refractivity contribution in [2.24, 2.45) is 11.8 Å². The first-order chi connectivity index (χ1) is 10.1. The molecular weight excluding hydrogens is 262 g/mol. The van der Waals surface area contributed by atoms with Crippen molar-refractivity contribution in [1.29, 1.82) is 0 Å². The molecular formula is C17H29N3O. The molecule has 0 saturated carbocycles. The molecule has 0 aromatic carbocycles. The number of hydrogen-bond donors (Lipinski definition) is 1. The summed E-state index contributed by atoms with van der Waals surface area (Å²) >= 11 is 0. The Hall–Kier alpha value is -1.13. The zero-order chi connectivity index (χ0) is 15.1. The highest BCUT2D eigenvalue weighted by Crippen LogP contribution is 2.18. The van der Waals surface area contributed by atoms with Crippen LogP contribution in [-0.4, -0.2) is 38.3 Å². The SMILES string of the molecule is CC(C)CNCc1ccnc(N(C)CC2CCCOC2)c1. The van der Waals surface area contributed by atoms with Crippen LogP contribution >= 0.6 is 0 Å². The van der Waals surface area contributed by atoms with Gasteiger partial charge in [0.15, 0.2) is 0 Å². The molecule has 4 nitrogen and oxygen atoms in total. The predicted octanol–water partition coefficient (Wildman–Crippen LogP) is 2.69. The molecule has 4 heteroatoms. The van der Waals surface area contributed by atoms with Crippen molar-refractivity contribution >= 4 is 5.82 Å². The molecule has 1 fully saturated rings. The fraction of sp³-hybridized carbons (Fsp3) is 0.706. The summed E-state index contributed by atoms with van der Waals surface area (Å²) in [5.74, 6) is 2.37. The molecule has 1 aromatic rings. The topological polar surface area (TPSA) is 37.4 Å².